The van der Waals surface area contributed by atoms with Gasteiger partial charge in [-0.05, 0) is 73.0 Å². The van der Waals surface area contributed by atoms with Crippen LogP contribution in [0.15, 0.2) is 88.9 Å². The van der Waals surface area contributed by atoms with Gasteiger partial charge in [0.2, 0.25) is 5.91 Å². The molecule has 0 saturated heterocycles. The van der Waals surface area contributed by atoms with Crippen molar-refractivity contribution >= 4 is 29.3 Å². The van der Waals surface area contributed by atoms with Crippen molar-refractivity contribution < 1.29 is 9.18 Å². The fourth-order valence-electron chi connectivity index (χ4n) is 4.72. The maximum atomic E-state index is 13.8. The summed E-state index contributed by atoms with van der Waals surface area (Å²) in [6.45, 7) is 9.81. The second-order valence-electron chi connectivity index (χ2n) is 10.4. The smallest absolute Gasteiger partial charge is 0.276 e. The van der Waals surface area contributed by atoms with E-state index in [1.165, 1.54) is 23.9 Å². The zero-order chi connectivity index (χ0) is 30.8. The van der Waals surface area contributed by atoms with Gasteiger partial charge in [0.05, 0.1) is 0 Å². The van der Waals surface area contributed by atoms with E-state index in [1.807, 2.05) is 29.2 Å². The molecule has 6 nitrogen and oxygen atoms in total. The number of hydrogen-bond acceptors (Lipinski definition) is 5. The molecule has 0 aliphatic rings. The molecule has 4 rings (SSSR count). The van der Waals surface area contributed by atoms with E-state index in [2.05, 4.69) is 48.0 Å². The second-order valence-corrected chi connectivity index (χ2v) is 11.8. The Balaban J connectivity index is 1.48. The number of amides is 1. The molecule has 1 amide bonds. The third kappa shape index (κ3) is 9.51. The molecule has 1 heterocycles. The summed E-state index contributed by atoms with van der Waals surface area (Å²) in [7, 11) is 0. The van der Waals surface area contributed by atoms with Gasteiger partial charge >= 0.3 is 0 Å². The molecule has 9 heteroatoms. The number of likely N-dealkylation sites (N-methyl/N-ethyl adjacent to an activating group) is 1. The van der Waals surface area contributed by atoms with E-state index in [1.54, 1.807) is 29.8 Å². The predicted octanol–water partition coefficient (Wildman–Crippen LogP) is 6.72. The van der Waals surface area contributed by atoms with Gasteiger partial charge in [-0.3, -0.25) is 9.59 Å². The number of aryl methyl sites for hydroxylation is 1. The van der Waals surface area contributed by atoms with E-state index >= 15 is 0 Å². The summed E-state index contributed by atoms with van der Waals surface area (Å²) < 4.78 is 15.1. The summed E-state index contributed by atoms with van der Waals surface area (Å²) in [5.41, 5.74) is 4.43. The monoisotopic (exact) mass is 620 g/mol. The zero-order valence-corrected chi connectivity index (χ0v) is 26.5. The number of halogens is 2. The van der Waals surface area contributed by atoms with E-state index in [0.717, 1.165) is 48.3 Å². The van der Waals surface area contributed by atoms with Crippen molar-refractivity contribution in [3.8, 4) is 11.1 Å². The van der Waals surface area contributed by atoms with Crippen LogP contribution in [0.2, 0.25) is 5.02 Å². The lowest BCUT2D eigenvalue weighted by Gasteiger charge is -2.27. The normalized spacial score (nSPS) is 11.2. The van der Waals surface area contributed by atoms with Crippen molar-refractivity contribution in [2.24, 2.45) is 0 Å². The molecule has 226 valence electrons. The number of nitrogens with zero attached hydrogens (tertiary/aromatic N) is 4. The number of thioether (sulfide) groups is 1. The highest BCUT2D eigenvalue weighted by Crippen LogP contribution is 2.23. The molecule has 3 aromatic carbocycles. The lowest BCUT2D eigenvalue weighted by atomic mass is 10.0. The molecule has 0 bridgehead atoms. The molecule has 0 atom stereocenters. The van der Waals surface area contributed by atoms with Crippen LogP contribution in [0, 0.1) is 12.7 Å². The van der Waals surface area contributed by atoms with Crippen LogP contribution >= 0.6 is 23.4 Å². The predicted molar refractivity (Wildman–Crippen MR) is 174 cm³/mol. The Morgan fingerprint density at radius 3 is 2.12 bits per heavy atom. The molecule has 0 spiro atoms. The van der Waals surface area contributed by atoms with Gasteiger partial charge in [0.15, 0.2) is 5.16 Å². The molecule has 0 aliphatic heterocycles. The SMILES string of the molecule is CCN(CC)CCN(CCc1ccc(-c2ccc(Cl)cc2)cc1)C(=O)Cn1cc(C)c(=O)nc1SCc1ccc(F)cc1. The quantitative estimate of drug-likeness (QED) is 0.116. The fraction of sp³-hybridized carbons (Fsp3) is 0.324. The highest BCUT2D eigenvalue weighted by molar-refractivity contribution is 7.98. The average Bonchev–Trinajstić information content (AvgIpc) is 3.01. The first kappa shape index (κ1) is 32.5. The van der Waals surface area contributed by atoms with E-state index in [4.69, 9.17) is 11.6 Å². The van der Waals surface area contributed by atoms with E-state index < -0.39 is 0 Å². The van der Waals surface area contributed by atoms with Crippen LogP contribution in [-0.4, -0.2) is 58.0 Å². The molecular formula is C34H38ClFN4O2S. The van der Waals surface area contributed by atoms with Crippen LogP contribution < -0.4 is 5.56 Å². The summed E-state index contributed by atoms with van der Waals surface area (Å²) in [6.07, 6.45) is 2.43. The van der Waals surface area contributed by atoms with Crippen LogP contribution in [0.3, 0.4) is 0 Å². The van der Waals surface area contributed by atoms with Crippen LogP contribution in [0.4, 0.5) is 4.39 Å². The lowest BCUT2D eigenvalue weighted by Crippen LogP contribution is -2.41. The molecule has 0 radical (unpaired) electrons. The van der Waals surface area contributed by atoms with Gasteiger partial charge in [-0.2, -0.15) is 4.98 Å². The van der Waals surface area contributed by atoms with Gasteiger partial charge in [0, 0.05) is 42.2 Å². The van der Waals surface area contributed by atoms with Crippen LogP contribution in [-0.2, 0) is 23.5 Å². The van der Waals surface area contributed by atoms with Gasteiger partial charge in [-0.25, -0.2) is 4.39 Å². The molecule has 0 saturated carbocycles. The molecule has 43 heavy (non-hydrogen) atoms. The summed E-state index contributed by atoms with van der Waals surface area (Å²) in [4.78, 5) is 34.6. The standard InChI is InChI=1S/C34H38ClFN4O2S/c1-4-38(5-2)20-21-39(19-18-26-6-10-28(11-7-26)29-12-14-30(35)15-13-29)32(41)23-40-22-25(3)33(42)37-34(40)43-24-27-8-16-31(36)17-9-27/h6-17,22H,4-5,18-21,23-24H2,1-3H3. The van der Waals surface area contributed by atoms with Crippen molar-refractivity contribution in [1.82, 2.24) is 19.4 Å². The maximum absolute atomic E-state index is 13.8. The first-order valence-electron chi connectivity index (χ1n) is 14.6. The largest absolute Gasteiger partial charge is 0.340 e. The summed E-state index contributed by atoms with van der Waals surface area (Å²) in [5.74, 6) is 0.173. The Labute approximate surface area is 262 Å². The molecule has 0 aliphatic carbocycles. The van der Waals surface area contributed by atoms with Crippen LogP contribution in [0.1, 0.15) is 30.5 Å². The van der Waals surface area contributed by atoms with Crippen LogP contribution in [0.25, 0.3) is 11.1 Å². The van der Waals surface area contributed by atoms with Crippen LogP contribution in [0.5, 0.6) is 0 Å². The molecule has 0 N–H and O–H groups in total. The molecule has 4 aromatic rings. The minimum Gasteiger partial charge on any atom is -0.340 e. The number of hydrogen-bond donors (Lipinski definition) is 0. The fourth-order valence-corrected chi connectivity index (χ4v) is 5.76. The van der Waals surface area contributed by atoms with Gasteiger partial charge in [0.25, 0.3) is 5.56 Å². The Hall–Kier alpha value is -3.46. The minimum atomic E-state index is -0.314. The zero-order valence-electron chi connectivity index (χ0n) is 24.9. The van der Waals surface area contributed by atoms with Gasteiger partial charge in [-0.15, -0.1) is 0 Å². The van der Waals surface area contributed by atoms with Crippen molar-refractivity contribution in [2.45, 2.75) is 44.6 Å². The third-order valence-electron chi connectivity index (χ3n) is 7.45. The van der Waals surface area contributed by atoms with E-state index in [-0.39, 0.29) is 23.8 Å². The molecule has 0 fully saturated rings. The Kier molecular flexibility index (Phi) is 12.0. The number of carbonyl (C=O) groups is 1. The Morgan fingerprint density at radius 2 is 1.49 bits per heavy atom. The Bertz CT molecular complexity index is 1540. The first-order chi connectivity index (χ1) is 20.7. The third-order valence-corrected chi connectivity index (χ3v) is 8.77. The van der Waals surface area contributed by atoms with Crippen molar-refractivity contribution in [3.63, 3.8) is 0 Å². The lowest BCUT2D eigenvalue weighted by molar-refractivity contribution is -0.132. The van der Waals surface area contributed by atoms with E-state index in [9.17, 15) is 14.0 Å². The highest BCUT2D eigenvalue weighted by atomic mass is 35.5. The Morgan fingerprint density at radius 1 is 0.884 bits per heavy atom. The van der Waals surface area contributed by atoms with Gasteiger partial charge in [-0.1, -0.05) is 85.7 Å². The van der Waals surface area contributed by atoms with Crippen molar-refractivity contribution in [3.05, 3.63) is 117 Å². The second kappa shape index (κ2) is 15.8. The van der Waals surface area contributed by atoms with Crippen molar-refractivity contribution in [2.75, 3.05) is 32.7 Å². The number of aromatic nitrogens is 2. The van der Waals surface area contributed by atoms with Gasteiger partial charge in [0.1, 0.15) is 12.4 Å². The average molecular weight is 621 g/mol. The van der Waals surface area contributed by atoms with Crippen molar-refractivity contribution in [1.29, 1.82) is 0 Å². The number of carbonyl (C=O) groups excluding carboxylic acids is 1. The maximum Gasteiger partial charge on any atom is 0.276 e. The topological polar surface area (TPSA) is 58.4 Å². The minimum absolute atomic E-state index is 0.0292. The summed E-state index contributed by atoms with van der Waals surface area (Å²) in [6, 6.07) is 22.4. The number of benzene rings is 3. The first-order valence-corrected chi connectivity index (χ1v) is 15.9. The highest BCUT2D eigenvalue weighted by Gasteiger charge is 2.18. The molecular weight excluding hydrogens is 583 g/mol. The molecule has 1 aromatic heterocycles. The van der Waals surface area contributed by atoms with Gasteiger partial charge < -0.3 is 14.4 Å². The number of rotatable bonds is 14. The summed E-state index contributed by atoms with van der Waals surface area (Å²) in [5, 5.41) is 1.18. The van der Waals surface area contributed by atoms with E-state index in [0.29, 0.717) is 34.6 Å². The summed E-state index contributed by atoms with van der Waals surface area (Å²) >= 11 is 7.40. The molecule has 0 unspecified atom stereocenters.